The van der Waals surface area contributed by atoms with Gasteiger partial charge in [0.25, 0.3) is 0 Å². The Labute approximate surface area is 66.7 Å². The SMILES string of the molecule is Cc1nc(CO)cn1C(C)C. The number of hydrogen-bond donors (Lipinski definition) is 1. The van der Waals surface area contributed by atoms with E-state index in [9.17, 15) is 0 Å². The fourth-order valence-corrected chi connectivity index (χ4v) is 1.15. The van der Waals surface area contributed by atoms with Crippen LogP contribution >= 0.6 is 0 Å². The third-order valence-electron chi connectivity index (χ3n) is 1.69. The van der Waals surface area contributed by atoms with Crippen molar-refractivity contribution in [1.82, 2.24) is 9.55 Å². The topological polar surface area (TPSA) is 38.1 Å². The number of nitrogens with zero attached hydrogens (tertiary/aromatic N) is 2. The first-order valence-corrected chi connectivity index (χ1v) is 3.80. The Balaban J connectivity index is 2.97. The lowest BCUT2D eigenvalue weighted by Gasteiger charge is -2.07. The van der Waals surface area contributed by atoms with E-state index in [0.29, 0.717) is 6.04 Å². The van der Waals surface area contributed by atoms with Crippen molar-refractivity contribution in [3.63, 3.8) is 0 Å². The minimum atomic E-state index is 0.0283. The van der Waals surface area contributed by atoms with Crippen molar-refractivity contribution < 1.29 is 5.11 Å². The Kier molecular flexibility index (Phi) is 2.29. The van der Waals surface area contributed by atoms with Gasteiger partial charge in [-0.15, -0.1) is 0 Å². The monoisotopic (exact) mass is 154 g/mol. The second kappa shape index (κ2) is 3.05. The Morgan fingerprint density at radius 2 is 2.27 bits per heavy atom. The molecule has 0 atom stereocenters. The highest BCUT2D eigenvalue weighted by Crippen LogP contribution is 2.09. The van der Waals surface area contributed by atoms with Crippen molar-refractivity contribution in [3.05, 3.63) is 17.7 Å². The van der Waals surface area contributed by atoms with E-state index in [1.807, 2.05) is 17.7 Å². The van der Waals surface area contributed by atoms with Crippen LogP contribution in [0.5, 0.6) is 0 Å². The molecular formula is C8H14N2O. The fraction of sp³-hybridized carbons (Fsp3) is 0.625. The van der Waals surface area contributed by atoms with Gasteiger partial charge >= 0.3 is 0 Å². The van der Waals surface area contributed by atoms with Crippen molar-refractivity contribution >= 4 is 0 Å². The van der Waals surface area contributed by atoms with Crippen LogP contribution in [0.25, 0.3) is 0 Å². The van der Waals surface area contributed by atoms with Gasteiger partial charge in [-0.25, -0.2) is 4.98 Å². The first-order valence-electron chi connectivity index (χ1n) is 3.80. The average Bonchev–Trinajstić information content (AvgIpc) is 2.30. The predicted octanol–water partition coefficient (Wildman–Crippen LogP) is 1.26. The molecule has 0 radical (unpaired) electrons. The molecule has 0 saturated carbocycles. The summed E-state index contributed by atoms with van der Waals surface area (Å²) in [6.07, 6.45) is 1.89. The number of aliphatic hydroxyl groups is 1. The highest BCUT2D eigenvalue weighted by molar-refractivity contribution is 5.02. The first-order chi connectivity index (χ1) is 5.15. The van der Waals surface area contributed by atoms with Crippen LogP contribution in [-0.4, -0.2) is 14.7 Å². The molecule has 0 aromatic carbocycles. The maximum absolute atomic E-state index is 8.78. The number of hydrogen-bond acceptors (Lipinski definition) is 2. The van der Waals surface area contributed by atoms with Gasteiger partial charge in [-0.1, -0.05) is 0 Å². The van der Waals surface area contributed by atoms with Crippen LogP contribution < -0.4 is 0 Å². The Morgan fingerprint density at radius 1 is 1.64 bits per heavy atom. The second-order valence-corrected chi connectivity index (χ2v) is 2.94. The van der Waals surface area contributed by atoms with Crippen LogP contribution in [0.2, 0.25) is 0 Å². The third-order valence-corrected chi connectivity index (χ3v) is 1.69. The van der Waals surface area contributed by atoms with Gasteiger partial charge in [-0.2, -0.15) is 0 Å². The summed E-state index contributed by atoms with van der Waals surface area (Å²) >= 11 is 0. The summed E-state index contributed by atoms with van der Waals surface area (Å²) in [4.78, 5) is 4.16. The smallest absolute Gasteiger partial charge is 0.106 e. The molecule has 0 aliphatic carbocycles. The molecule has 3 heteroatoms. The van der Waals surface area contributed by atoms with Gasteiger partial charge in [0.15, 0.2) is 0 Å². The van der Waals surface area contributed by atoms with E-state index in [2.05, 4.69) is 18.8 Å². The van der Waals surface area contributed by atoms with Crippen LogP contribution in [0, 0.1) is 6.92 Å². The zero-order chi connectivity index (χ0) is 8.43. The maximum atomic E-state index is 8.78. The zero-order valence-electron chi connectivity index (χ0n) is 7.20. The van der Waals surface area contributed by atoms with Gasteiger partial charge in [0.05, 0.1) is 12.3 Å². The molecule has 0 unspecified atom stereocenters. The normalized spacial score (nSPS) is 11.0. The highest BCUT2D eigenvalue weighted by atomic mass is 16.3. The van der Waals surface area contributed by atoms with Gasteiger partial charge in [0, 0.05) is 12.2 Å². The second-order valence-electron chi connectivity index (χ2n) is 2.94. The van der Waals surface area contributed by atoms with Crippen LogP contribution in [0.1, 0.15) is 31.4 Å². The average molecular weight is 154 g/mol. The number of aryl methyl sites for hydroxylation is 1. The molecular weight excluding hydrogens is 140 g/mol. The maximum Gasteiger partial charge on any atom is 0.106 e. The van der Waals surface area contributed by atoms with Crippen LogP contribution in [0.3, 0.4) is 0 Å². The van der Waals surface area contributed by atoms with Gasteiger partial charge in [0.1, 0.15) is 5.82 Å². The lowest BCUT2D eigenvalue weighted by molar-refractivity contribution is 0.277. The van der Waals surface area contributed by atoms with Crippen LogP contribution in [-0.2, 0) is 6.61 Å². The summed E-state index contributed by atoms with van der Waals surface area (Å²) in [5.74, 6) is 0.962. The van der Waals surface area contributed by atoms with Gasteiger partial charge in [0.2, 0.25) is 0 Å². The molecule has 0 aliphatic rings. The Bertz CT molecular complexity index is 240. The first kappa shape index (κ1) is 8.27. The molecule has 1 heterocycles. The molecule has 11 heavy (non-hydrogen) atoms. The van der Waals surface area contributed by atoms with E-state index in [4.69, 9.17) is 5.11 Å². The number of aliphatic hydroxyl groups excluding tert-OH is 1. The van der Waals surface area contributed by atoms with E-state index in [1.54, 1.807) is 0 Å². The standard InChI is InChI=1S/C8H14N2O/c1-6(2)10-4-8(5-11)9-7(10)3/h4,6,11H,5H2,1-3H3. The van der Waals surface area contributed by atoms with Crippen molar-refractivity contribution in [2.24, 2.45) is 0 Å². The lowest BCUT2D eigenvalue weighted by Crippen LogP contribution is -2.00. The summed E-state index contributed by atoms with van der Waals surface area (Å²) in [5.41, 5.74) is 0.746. The molecule has 62 valence electrons. The predicted molar refractivity (Wildman–Crippen MR) is 43.3 cm³/mol. The Morgan fingerprint density at radius 3 is 2.55 bits per heavy atom. The minimum Gasteiger partial charge on any atom is -0.390 e. The number of imidazole rings is 1. The summed E-state index contributed by atoms with van der Waals surface area (Å²) in [6, 6.07) is 0.419. The van der Waals surface area contributed by atoms with Crippen molar-refractivity contribution in [2.75, 3.05) is 0 Å². The summed E-state index contributed by atoms with van der Waals surface area (Å²) in [7, 11) is 0. The molecule has 0 amide bonds. The van der Waals surface area contributed by atoms with E-state index in [-0.39, 0.29) is 6.61 Å². The van der Waals surface area contributed by atoms with Crippen LogP contribution in [0.4, 0.5) is 0 Å². The van der Waals surface area contributed by atoms with Gasteiger partial charge in [-0.05, 0) is 20.8 Å². The molecule has 0 aliphatic heterocycles. The molecule has 0 bridgehead atoms. The fourth-order valence-electron chi connectivity index (χ4n) is 1.15. The lowest BCUT2D eigenvalue weighted by atomic mass is 10.4. The number of rotatable bonds is 2. The quantitative estimate of drug-likeness (QED) is 0.696. The van der Waals surface area contributed by atoms with Crippen molar-refractivity contribution in [3.8, 4) is 0 Å². The van der Waals surface area contributed by atoms with E-state index in [1.165, 1.54) is 0 Å². The van der Waals surface area contributed by atoms with Crippen molar-refractivity contribution in [2.45, 2.75) is 33.4 Å². The largest absolute Gasteiger partial charge is 0.390 e. The summed E-state index contributed by atoms with van der Waals surface area (Å²) in [6.45, 7) is 6.16. The molecule has 0 saturated heterocycles. The molecule has 1 aromatic heterocycles. The van der Waals surface area contributed by atoms with Gasteiger partial charge in [-0.3, -0.25) is 0 Å². The minimum absolute atomic E-state index is 0.0283. The van der Waals surface area contributed by atoms with Crippen LogP contribution in [0.15, 0.2) is 6.20 Å². The number of aromatic nitrogens is 2. The summed E-state index contributed by atoms with van der Waals surface area (Å²) in [5, 5.41) is 8.78. The Hall–Kier alpha value is -0.830. The molecule has 0 fully saturated rings. The highest BCUT2D eigenvalue weighted by Gasteiger charge is 2.04. The zero-order valence-corrected chi connectivity index (χ0v) is 7.20. The van der Waals surface area contributed by atoms with E-state index in [0.717, 1.165) is 11.5 Å². The van der Waals surface area contributed by atoms with E-state index < -0.39 is 0 Å². The summed E-state index contributed by atoms with van der Waals surface area (Å²) < 4.78 is 2.05. The molecule has 0 spiro atoms. The van der Waals surface area contributed by atoms with E-state index >= 15 is 0 Å². The molecule has 1 N–H and O–H groups in total. The molecule has 3 nitrogen and oxygen atoms in total. The van der Waals surface area contributed by atoms with Crippen molar-refractivity contribution in [1.29, 1.82) is 0 Å². The molecule has 1 rings (SSSR count). The van der Waals surface area contributed by atoms with Gasteiger partial charge < -0.3 is 9.67 Å². The third kappa shape index (κ3) is 1.60. The molecule has 1 aromatic rings.